The molecule has 0 radical (unpaired) electrons. The predicted octanol–water partition coefficient (Wildman–Crippen LogP) is 3.75. The standard InChI is InChI=1S/C12H17F3N2/c1-6(2)8(4)11-10(12(13,14)15)7(3)5-9(16)17-11/h5-6,8H,1-4H3,(H2,16,17). The summed E-state index contributed by atoms with van der Waals surface area (Å²) < 4.78 is 39.0. The van der Waals surface area contributed by atoms with Gasteiger partial charge >= 0.3 is 6.18 Å². The molecule has 1 aromatic heterocycles. The van der Waals surface area contributed by atoms with Gasteiger partial charge in [0.05, 0.1) is 11.3 Å². The lowest BCUT2D eigenvalue weighted by atomic mass is 9.89. The first-order valence-corrected chi connectivity index (χ1v) is 5.48. The number of aromatic nitrogens is 1. The van der Waals surface area contributed by atoms with Gasteiger partial charge < -0.3 is 5.73 Å². The van der Waals surface area contributed by atoms with Crippen molar-refractivity contribution in [1.29, 1.82) is 0 Å². The molecule has 1 unspecified atom stereocenters. The normalized spacial score (nSPS) is 14.1. The third kappa shape index (κ3) is 2.90. The van der Waals surface area contributed by atoms with E-state index in [9.17, 15) is 13.2 Å². The van der Waals surface area contributed by atoms with Gasteiger partial charge in [-0.1, -0.05) is 20.8 Å². The quantitative estimate of drug-likeness (QED) is 0.863. The Morgan fingerprint density at radius 1 is 1.24 bits per heavy atom. The summed E-state index contributed by atoms with van der Waals surface area (Å²) in [5.74, 6) is -0.0726. The van der Waals surface area contributed by atoms with Crippen LogP contribution < -0.4 is 5.73 Å². The highest BCUT2D eigenvalue weighted by atomic mass is 19.4. The average molecular weight is 246 g/mol. The van der Waals surface area contributed by atoms with E-state index in [0.717, 1.165) is 0 Å². The lowest BCUT2D eigenvalue weighted by Gasteiger charge is -2.22. The molecule has 1 aromatic rings. The fourth-order valence-electron chi connectivity index (χ4n) is 1.74. The number of hydrogen-bond acceptors (Lipinski definition) is 2. The molecule has 0 amide bonds. The van der Waals surface area contributed by atoms with Crippen LogP contribution >= 0.6 is 0 Å². The van der Waals surface area contributed by atoms with E-state index in [-0.39, 0.29) is 28.9 Å². The topological polar surface area (TPSA) is 38.9 Å². The number of aryl methyl sites for hydroxylation is 1. The first-order valence-electron chi connectivity index (χ1n) is 5.48. The number of halogens is 3. The minimum Gasteiger partial charge on any atom is -0.384 e. The van der Waals surface area contributed by atoms with Gasteiger partial charge in [-0.05, 0) is 24.5 Å². The molecule has 96 valence electrons. The molecule has 0 bridgehead atoms. The Morgan fingerprint density at radius 2 is 1.76 bits per heavy atom. The Kier molecular flexibility index (Phi) is 3.69. The summed E-state index contributed by atoms with van der Waals surface area (Å²) >= 11 is 0. The second kappa shape index (κ2) is 4.55. The van der Waals surface area contributed by atoms with Crippen LogP contribution in [0, 0.1) is 12.8 Å². The summed E-state index contributed by atoms with van der Waals surface area (Å²) in [6.45, 7) is 6.88. The van der Waals surface area contributed by atoms with E-state index >= 15 is 0 Å². The van der Waals surface area contributed by atoms with Crippen molar-refractivity contribution in [3.8, 4) is 0 Å². The zero-order chi connectivity index (χ0) is 13.4. The Morgan fingerprint density at radius 3 is 2.18 bits per heavy atom. The van der Waals surface area contributed by atoms with Gasteiger partial charge in [-0.25, -0.2) is 4.98 Å². The van der Waals surface area contributed by atoms with E-state index in [0.29, 0.717) is 0 Å². The first-order chi connectivity index (χ1) is 7.64. The molecule has 17 heavy (non-hydrogen) atoms. The van der Waals surface area contributed by atoms with Gasteiger partial charge in [0.25, 0.3) is 0 Å². The van der Waals surface area contributed by atoms with E-state index < -0.39 is 11.7 Å². The largest absolute Gasteiger partial charge is 0.418 e. The van der Waals surface area contributed by atoms with Gasteiger partial charge in [0, 0.05) is 5.92 Å². The summed E-state index contributed by atoms with van der Waals surface area (Å²) in [6, 6.07) is 1.26. The number of nitrogen functional groups attached to an aromatic ring is 1. The highest BCUT2D eigenvalue weighted by Crippen LogP contribution is 2.38. The number of pyridine rings is 1. The maximum atomic E-state index is 13.0. The van der Waals surface area contributed by atoms with E-state index in [2.05, 4.69) is 4.98 Å². The van der Waals surface area contributed by atoms with Gasteiger partial charge in [0.2, 0.25) is 0 Å². The predicted molar refractivity (Wildman–Crippen MR) is 61.6 cm³/mol. The maximum Gasteiger partial charge on any atom is 0.418 e. The smallest absolute Gasteiger partial charge is 0.384 e. The summed E-state index contributed by atoms with van der Waals surface area (Å²) in [5.41, 5.74) is 5.06. The molecule has 0 aliphatic heterocycles. The molecule has 1 heterocycles. The monoisotopic (exact) mass is 246 g/mol. The van der Waals surface area contributed by atoms with Crippen molar-refractivity contribution < 1.29 is 13.2 Å². The molecule has 0 aromatic carbocycles. The molecule has 2 nitrogen and oxygen atoms in total. The summed E-state index contributed by atoms with van der Waals surface area (Å²) in [7, 11) is 0. The number of rotatable bonds is 2. The second-order valence-corrected chi connectivity index (χ2v) is 4.65. The zero-order valence-electron chi connectivity index (χ0n) is 10.4. The van der Waals surface area contributed by atoms with Crippen LogP contribution in [0.5, 0.6) is 0 Å². The number of nitrogens with two attached hydrogens (primary N) is 1. The minimum absolute atomic E-state index is 0.0463. The lowest BCUT2D eigenvalue weighted by molar-refractivity contribution is -0.139. The van der Waals surface area contributed by atoms with E-state index in [1.54, 1.807) is 6.92 Å². The highest BCUT2D eigenvalue weighted by molar-refractivity contribution is 5.43. The molecule has 0 aliphatic carbocycles. The molecule has 0 fully saturated rings. The van der Waals surface area contributed by atoms with Gasteiger partial charge in [-0.2, -0.15) is 13.2 Å². The summed E-state index contributed by atoms with van der Waals surface area (Å²) in [5, 5.41) is 0. The molecule has 0 spiro atoms. The van der Waals surface area contributed by atoms with Crippen LogP contribution in [0.25, 0.3) is 0 Å². The molecule has 0 saturated heterocycles. The number of alkyl halides is 3. The maximum absolute atomic E-state index is 13.0. The van der Waals surface area contributed by atoms with Gasteiger partial charge in [-0.3, -0.25) is 0 Å². The highest BCUT2D eigenvalue weighted by Gasteiger charge is 2.37. The Hall–Kier alpha value is -1.26. The summed E-state index contributed by atoms with van der Waals surface area (Å²) in [6.07, 6.45) is -4.39. The SMILES string of the molecule is Cc1cc(N)nc(C(C)C(C)C)c1C(F)(F)F. The zero-order valence-corrected chi connectivity index (χ0v) is 10.4. The Bertz CT molecular complexity index is 411. The van der Waals surface area contributed by atoms with Crippen LogP contribution in [0.1, 0.15) is 43.5 Å². The van der Waals surface area contributed by atoms with Crippen LogP contribution in [-0.4, -0.2) is 4.98 Å². The molecule has 1 rings (SSSR count). The van der Waals surface area contributed by atoms with Crippen molar-refractivity contribution in [3.05, 3.63) is 22.9 Å². The first kappa shape index (κ1) is 13.8. The third-order valence-electron chi connectivity index (χ3n) is 2.98. The second-order valence-electron chi connectivity index (χ2n) is 4.65. The van der Waals surface area contributed by atoms with Gasteiger partial charge in [0.15, 0.2) is 0 Å². The molecular weight excluding hydrogens is 229 g/mol. The van der Waals surface area contributed by atoms with Crippen LogP contribution in [0.4, 0.5) is 19.0 Å². The minimum atomic E-state index is -4.39. The molecule has 5 heteroatoms. The van der Waals surface area contributed by atoms with Crippen LogP contribution in [0.15, 0.2) is 6.07 Å². The van der Waals surface area contributed by atoms with Crippen LogP contribution in [-0.2, 0) is 6.18 Å². The van der Waals surface area contributed by atoms with Crippen LogP contribution in [0.2, 0.25) is 0 Å². The average Bonchev–Trinajstić information content (AvgIpc) is 2.12. The number of hydrogen-bond donors (Lipinski definition) is 1. The van der Waals surface area contributed by atoms with Gasteiger partial charge in [-0.15, -0.1) is 0 Å². The van der Waals surface area contributed by atoms with Crippen LogP contribution in [0.3, 0.4) is 0 Å². The molecule has 0 aliphatic rings. The lowest BCUT2D eigenvalue weighted by Crippen LogP contribution is -2.18. The Balaban J connectivity index is 3.46. The summed E-state index contributed by atoms with van der Waals surface area (Å²) in [4.78, 5) is 3.88. The number of anilines is 1. The molecule has 2 N–H and O–H groups in total. The fourth-order valence-corrected chi connectivity index (χ4v) is 1.74. The van der Waals surface area contributed by atoms with E-state index in [1.807, 2.05) is 13.8 Å². The van der Waals surface area contributed by atoms with Crippen molar-refractivity contribution in [2.45, 2.75) is 39.8 Å². The number of nitrogens with zero attached hydrogens (tertiary/aromatic N) is 1. The van der Waals surface area contributed by atoms with Crippen molar-refractivity contribution in [3.63, 3.8) is 0 Å². The van der Waals surface area contributed by atoms with Crippen molar-refractivity contribution in [2.75, 3.05) is 5.73 Å². The van der Waals surface area contributed by atoms with Gasteiger partial charge in [0.1, 0.15) is 5.82 Å². The molecular formula is C12H17F3N2. The van der Waals surface area contributed by atoms with Crippen molar-refractivity contribution in [2.24, 2.45) is 5.92 Å². The molecule has 0 saturated carbocycles. The Labute approximate surface area is 99.0 Å². The van der Waals surface area contributed by atoms with Crippen molar-refractivity contribution >= 4 is 5.82 Å². The van der Waals surface area contributed by atoms with E-state index in [1.165, 1.54) is 13.0 Å². The fraction of sp³-hybridized carbons (Fsp3) is 0.583. The third-order valence-corrected chi connectivity index (χ3v) is 2.98. The van der Waals surface area contributed by atoms with E-state index in [4.69, 9.17) is 5.73 Å². The van der Waals surface area contributed by atoms with Crippen molar-refractivity contribution in [1.82, 2.24) is 4.98 Å². The molecule has 1 atom stereocenters.